The minimum absolute atomic E-state index is 0.00307. The minimum atomic E-state index is -1.12. The van der Waals surface area contributed by atoms with Crippen LogP contribution in [0.25, 0.3) is 0 Å². The number of rotatable bonds is 11. The lowest BCUT2D eigenvalue weighted by Crippen LogP contribution is -2.53. The summed E-state index contributed by atoms with van der Waals surface area (Å²) in [5, 5.41) is 15.8. The second-order valence-corrected chi connectivity index (χ2v) is 11.0. The van der Waals surface area contributed by atoms with E-state index >= 15 is 0 Å². The number of carbonyl (C=O) groups is 3. The zero-order valence-electron chi connectivity index (χ0n) is 23.6. The number of likely N-dealkylation sites (tertiary alicyclic amines) is 1. The van der Waals surface area contributed by atoms with Crippen molar-refractivity contribution >= 4 is 29.1 Å². The van der Waals surface area contributed by atoms with E-state index in [1.165, 1.54) is 4.90 Å². The van der Waals surface area contributed by atoms with E-state index in [1.54, 1.807) is 0 Å². The van der Waals surface area contributed by atoms with Gasteiger partial charge in [-0.1, -0.05) is 37.3 Å². The Hall–Kier alpha value is -3.43. The van der Waals surface area contributed by atoms with E-state index < -0.39 is 29.1 Å². The van der Waals surface area contributed by atoms with Gasteiger partial charge in [0.2, 0.25) is 17.7 Å². The summed E-state index contributed by atoms with van der Waals surface area (Å²) in [7, 11) is 0. The molecule has 2 unspecified atom stereocenters. The van der Waals surface area contributed by atoms with Crippen molar-refractivity contribution in [1.29, 1.82) is 0 Å². The van der Waals surface area contributed by atoms with E-state index in [0.717, 1.165) is 24.3 Å². The molecule has 0 saturated carbocycles. The highest BCUT2D eigenvalue weighted by Gasteiger charge is 2.78. The molecule has 40 heavy (non-hydrogen) atoms. The van der Waals surface area contributed by atoms with Gasteiger partial charge in [-0.3, -0.25) is 14.4 Å². The molecule has 0 aromatic heterocycles. The Balaban J connectivity index is 1.42. The highest BCUT2D eigenvalue weighted by Crippen LogP contribution is 2.64. The monoisotopic (exact) mass is 548 g/mol. The SMILES string of the molecule is CCN(CC)c1ccc(NC(=O)C2N(CCO)C(=O)[C@@H]3[C@@H](C(=O)NCc4ccccc4)[C@@]4(CC)CCC23O4)cc1. The van der Waals surface area contributed by atoms with Gasteiger partial charge in [0.05, 0.1) is 24.0 Å². The smallest absolute Gasteiger partial charge is 0.250 e. The molecular formula is C31H40N4O5. The molecule has 2 bridgehead atoms. The van der Waals surface area contributed by atoms with Crippen LogP contribution >= 0.6 is 0 Å². The lowest BCUT2D eigenvalue weighted by Gasteiger charge is -2.34. The number of amides is 3. The molecule has 2 aromatic carbocycles. The number of nitrogens with one attached hydrogen (secondary N) is 2. The molecule has 3 amide bonds. The third-order valence-corrected chi connectivity index (χ3v) is 9.13. The van der Waals surface area contributed by atoms with E-state index in [1.807, 2.05) is 61.5 Å². The quantitative estimate of drug-likeness (QED) is 0.398. The number of hydrogen-bond donors (Lipinski definition) is 3. The van der Waals surface area contributed by atoms with Gasteiger partial charge in [-0.15, -0.1) is 0 Å². The van der Waals surface area contributed by atoms with Crippen LogP contribution in [-0.2, 0) is 25.7 Å². The first-order chi connectivity index (χ1) is 19.3. The summed E-state index contributed by atoms with van der Waals surface area (Å²) in [6.07, 6.45) is 1.65. The van der Waals surface area contributed by atoms with E-state index in [0.29, 0.717) is 31.5 Å². The van der Waals surface area contributed by atoms with Crippen LogP contribution in [0.5, 0.6) is 0 Å². The number of benzene rings is 2. The van der Waals surface area contributed by atoms with Crippen molar-refractivity contribution in [3.8, 4) is 0 Å². The van der Waals surface area contributed by atoms with Crippen LogP contribution in [0.4, 0.5) is 11.4 Å². The lowest BCUT2D eigenvalue weighted by atomic mass is 9.65. The number of ether oxygens (including phenoxy) is 1. The Morgan fingerprint density at radius 3 is 2.35 bits per heavy atom. The van der Waals surface area contributed by atoms with Crippen LogP contribution in [-0.4, -0.2) is 71.2 Å². The molecule has 9 nitrogen and oxygen atoms in total. The first-order valence-electron chi connectivity index (χ1n) is 14.4. The normalized spacial score (nSPS) is 28.4. The summed E-state index contributed by atoms with van der Waals surface area (Å²) < 4.78 is 6.73. The van der Waals surface area contributed by atoms with Gasteiger partial charge in [-0.25, -0.2) is 0 Å². The lowest BCUT2D eigenvalue weighted by molar-refractivity contribution is -0.146. The van der Waals surface area contributed by atoms with Crippen molar-refractivity contribution in [3.63, 3.8) is 0 Å². The van der Waals surface area contributed by atoms with Gasteiger partial charge in [0.25, 0.3) is 0 Å². The molecule has 0 aliphatic carbocycles. The highest BCUT2D eigenvalue weighted by molar-refractivity contribution is 6.03. The van der Waals surface area contributed by atoms with Crippen LogP contribution in [0.3, 0.4) is 0 Å². The van der Waals surface area contributed by atoms with Crippen LogP contribution in [0, 0.1) is 11.8 Å². The number of fused-ring (bicyclic) bond motifs is 1. The van der Waals surface area contributed by atoms with Crippen molar-refractivity contribution in [3.05, 3.63) is 60.2 Å². The van der Waals surface area contributed by atoms with Crippen LogP contribution in [0.2, 0.25) is 0 Å². The maximum absolute atomic E-state index is 13.9. The molecular weight excluding hydrogens is 508 g/mol. The van der Waals surface area contributed by atoms with Crippen molar-refractivity contribution in [1.82, 2.24) is 10.2 Å². The van der Waals surface area contributed by atoms with Crippen molar-refractivity contribution in [2.45, 2.75) is 63.8 Å². The average molecular weight is 549 g/mol. The minimum Gasteiger partial charge on any atom is -0.395 e. The van der Waals surface area contributed by atoms with Gasteiger partial charge in [0.15, 0.2) is 0 Å². The highest BCUT2D eigenvalue weighted by atomic mass is 16.5. The van der Waals surface area contributed by atoms with Gasteiger partial charge in [-0.05, 0) is 62.9 Å². The molecule has 3 aliphatic heterocycles. The second-order valence-electron chi connectivity index (χ2n) is 11.0. The summed E-state index contributed by atoms with van der Waals surface area (Å²) >= 11 is 0. The molecule has 5 atom stereocenters. The molecule has 3 fully saturated rings. The predicted molar refractivity (Wildman–Crippen MR) is 153 cm³/mol. The molecule has 214 valence electrons. The molecule has 0 radical (unpaired) electrons. The molecule has 1 spiro atoms. The zero-order valence-corrected chi connectivity index (χ0v) is 23.6. The van der Waals surface area contributed by atoms with Gasteiger partial charge < -0.3 is 30.3 Å². The predicted octanol–water partition coefficient (Wildman–Crippen LogP) is 2.93. The molecule has 2 aromatic rings. The third kappa shape index (κ3) is 4.55. The summed E-state index contributed by atoms with van der Waals surface area (Å²) in [6.45, 7) is 7.97. The first kappa shape index (κ1) is 28.1. The maximum atomic E-state index is 13.9. The van der Waals surface area contributed by atoms with Crippen LogP contribution in [0.1, 0.15) is 45.6 Å². The number of carbonyl (C=O) groups excluding carboxylic acids is 3. The van der Waals surface area contributed by atoms with E-state index in [-0.39, 0.29) is 30.9 Å². The van der Waals surface area contributed by atoms with Crippen molar-refractivity contribution < 1.29 is 24.2 Å². The number of hydrogen-bond acceptors (Lipinski definition) is 6. The Kier molecular flexibility index (Phi) is 7.88. The van der Waals surface area contributed by atoms with Gasteiger partial charge in [0.1, 0.15) is 11.6 Å². The van der Waals surface area contributed by atoms with Crippen LogP contribution in [0.15, 0.2) is 54.6 Å². The zero-order chi connectivity index (χ0) is 28.5. The summed E-state index contributed by atoms with van der Waals surface area (Å²) in [4.78, 5) is 45.2. The molecule has 3 saturated heterocycles. The summed E-state index contributed by atoms with van der Waals surface area (Å²) in [5.41, 5.74) is 0.710. The number of nitrogens with zero attached hydrogens (tertiary/aromatic N) is 2. The molecule has 3 N–H and O–H groups in total. The number of aliphatic hydroxyl groups is 1. The van der Waals surface area contributed by atoms with Gasteiger partial charge >= 0.3 is 0 Å². The molecule has 3 aliphatic rings. The fraction of sp³-hybridized carbons (Fsp3) is 0.516. The van der Waals surface area contributed by atoms with Crippen LogP contribution < -0.4 is 15.5 Å². The number of anilines is 2. The van der Waals surface area contributed by atoms with E-state index in [2.05, 4.69) is 29.4 Å². The summed E-state index contributed by atoms with van der Waals surface area (Å²) in [6, 6.07) is 16.3. The van der Waals surface area contributed by atoms with Crippen molar-refractivity contribution in [2.75, 3.05) is 36.5 Å². The van der Waals surface area contributed by atoms with Gasteiger partial charge in [0, 0.05) is 37.6 Å². The second kappa shape index (κ2) is 11.2. The molecule has 5 rings (SSSR count). The topological polar surface area (TPSA) is 111 Å². The Bertz CT molecular complexity index is 1230. The number of β-amino-alcohol motifs (C(OH)–C–C–N with tert-alkyl or cyclic N) is 1. The Labute approximate surface area is 235 Å². The fourth-order valence-electron chi connectivity index (χ4n) is 7.21. The largest absolute Gasteiger partial charge is 0.395 e. The van der Waals surface area contributed by atoms with E-state index in [9.17, 15) is 19.5 Å². The van der Waals surface area contributed by atoms with Crippen molar-refractivity contribution in [2.24, 2.45) is 11.8 Å². The molecule has 3 heterocycles. The molecule has 9 heteroatoms. The standard InChI is InChI=1S/C31H40N4O5/c1-4-30-16-17-31(40-30)25(24(30)27(37)32-20-21-10-8-7-9-11-21)29(39)35(18-19-36)26(31)28(38)33-22-12-14-23(15-13-22)34(5-2)6-3/h7-15,24-26,36H,4-6,16-20H2,1-3H3,(H,32,37)(H,33,38)/t24-,25-,26?,30+,31?/m0/s1. The third-order valence-electron chi connectivity index (χ3n) is 9.13. The van der Waals surface area contributed by atoms with E-state index in [4.69, 9.17) is 4.74 Å². The Morgan fingerprint density at radius 2 is 1.73 bits per heavy atom. The first-order valence-corrected chi connectivity index (χ1v) is 14.4. The summed E-state index contributed by atoms with van der Waals surface area (Å²) in [5.74, 6) is -2.40. The van der Waals surface area contributed by atoms with Gasteiger partial charge in [-0.2, -0.15) is 0 Å². The number of aliphatic hydroxyl groups excluding tert-OH is 1. The fourth-order valence-corrected chi connectivity index (χ4v) is 7.21. The Morgan fingerprint density at radius 1 is 1.02 bits per heavy atom. The average Bonchev–Trinajstić information content (AvgIpc) is 3.57. The maximum Gasteiger partial charge on any atom is 0.250 e.